The first-order valence-corrected chi connectivity index (χ1v) is 19.0. The van der Waals surface area contributed by atoms with Crippen molar-refractivity contribution in [2.24, 2.45) is 0 Å². The second kappa shape index (κ2) is 15.5. The summed E-state index contributed by atoms with van der Waals surface area (Å²) < 4.78 is 12.5. The molecule has 2 unspecified atom stereocenters. The van der Waals surface area contributed by atoms with Gasteiger partial charge in [0.2, 0.25) is 0 Å². The van der Waals surface area contributed by atoms with Gasteiger partial charge in [-0.15, -0.1) is 0 Å². The van der Waals surface area contributed by atoms with Crippen LogP contribution in [0.15, 0.2) is 103 Å². The van der Waals surface area contributed by atoms with E-state index in [-0.39, 0.29) is 23.8 Å². The topological polar surface area (TPSA) is 85.8 Å². The lowest BCUT2D eigenvalue weighted by Crippen LogP contribution is -2.48. The molecule has 4 aromatic carbocycles. The highest BCUT2D eigenvalue weighted by Crippen LogP contribution is 2.40. The lowest BCUT2D eigenvalue weighted by atomic mass is 9.87. The summed E-state index contributed by atoms with van der Waals surface area (Å²) >= 11 is 0. The number of allylic oxidation sites excluding steroid dienone is 1. The lowest BCUT2D eigenvalue weighted by Gasteiger charge is -2.39. The Morgan fingerprint density at radius 3 is 2.23 bits per heavy atom. The van der Waals surface area contributed by atoms with E-state index in [0.717, 1.165) is 81.3 Å². The molecule has 2 atom stereocenters. The van der Waals surface area contributed by atoms with Crippen molar-refractivity contribution in [1.29, 1.82) is 0 Å². The van der Waals surface area contributed by atoms with Gasteiger partial charge in [0.05, 0.1) is 18.6 Å². The van der Waals surface area contributed by atoms with Crippen molar-refractivity contribution in [2.75, 3.05) is 63.9 Å². The van der Waals surface area contributed by atoms with E-state index < -0.39 is 0 Å². The first kappa shape index (κ1) is 34.9. The Hall–Kier alpha value is -5.12. The Labute approximate surface area is 312 Å². The van der Waals surface area contributed by atoms with Gasteiger partial charge in [-0.05, 0) is 84.5 Å². The number of hydrogen-bond donors (Lipinski definition) is 1. The predicted octanol–water partition coefficient (Wildman–Crippen LogP) is 6.25. The minimum absolute atomic E-state index is 0.0558. The van der Waals surface area contributed by atoms with E-state index in [9.17, 15) is 14.7 Å². The fourth-order valence-electron chi connectivity index (χ4n) is 8.43. The van der Waals surface area contributed by atoms with Crippen molar-refractivity contribution in [3.05, 3.63) is 131 Å². The van der Waals surface area contributed by atoms with Crippen LogP contribution in [0.2, 0.25) is 0 Å². The lowest BCUT2D eigenvalue weighted by molar-refractivity contribution is -0.124. The number of aromatic hydroxyl groups is 1. The average Bonchev–Trinajstić information content (AvgIpc) is 3.52. The Morgan fingerprint density at radius 1 is 0.755 bits per heavy atom. The maximum atomic E-state index is 13.2. The van der Waals surface area contributed by atoms with Crippen LogP contribution < -0.4 is 14.4 Å². The third-order valence-electron chi connectivity index (χ3n) is 11.3. The van der Waals surface area contributed by atoms with Gasteiger partial charge in [-0.1, -0.05) is 54.6 Å². The van der Waals surface area contributed by atoms with Crippen LogP contribution in [0.1, 0.15) is 57.9 Å². The van der Waals surface area contributed by atoms with Gasteiger partial charge in [0.25, 0.3) is 5.91 Å². The number of phenols is 1. The van der Waals surface area contributed by atoms with E-state index in [1.807, 2.05) is 30.3 Å². The normalized spacial score (nSPS) is 20.7. The summed E-state index contributed by atoms with van der Waals surface area (Å²) in [5, 5.41) is 10.1. The zero-order valence-electron chi connectivity index (χ0n) is 30.3. The van der Waals surface area contributed by atoms with Crippen molar-refractivity contribution in [3.8, 4) is 17.2 Å². The summed E-state index contributed by atoms with van der Waals surface area (Å²) in [5.41, 5.74) is 7.31. The minimum Gasteiger partial charge on any atom is -0.508 e. The SMILES string of the molecule is C=C1CCC(N2Cc3c(OCCN4CCN(CCOc5ccc(C6c7ccc(O)cc7CCN6c6ccccc6)cc5)CC4)cccc3C2=O)C(=O)C1. The molecule has 0 bridgehead atoms. The molecular weight excluding hydrogens is 665 g/mol. The Bertz CT molecular complexity index is 1960. The molecule has 1 saturated heterocycles. The van der Waals surface area contributed by atoms with Crippen LogP contribution in [-0.4, -0.2) is 96.6 Å². The van der Waals surface area contributed by atoms with Gasteiger partial charge in [-0.2, -0.15) is 0 Å². The van der Waals surface area contributed by atoms with E-state index in [0.29, 0.717) is 43.9 Å². The molecule has 0 radical (unpaired) electrons. The largest absolute Gasteiger partial charge is 0.508 e. The van der Waals surface area contributed by atoms with E-state index in [1.54, 1.807) is 11.0 Å². The number of Topliss-reactive ketones (excluding diaryl/α,β-unsaturated/α-hetero) is 1. The van der Waals surface area contributed by atoms with Crippen molar-refractivity contribution in [3.63, 3.8) is 0 Å². The second-order valence-electron chi connectivity index (χ2n) is 14.7. The minimum atomic E-state index is -0.371. The number of ketones is 1. The number of fused-ring (bicyclic) bond motifs is 2. The number of carbonyl (C=O) groups excluding carboxylic acids is 2. The molecule has 3 heterocycles. The summed E-state index contributed by atoms with van der Waals surface area (Å²) in [6.07, 6.45) is 2.69. The second-order valence-corrected chi connectivity index (χ2v) is 14.7. The van der Waals surface area contributed by atoms with Crippen molar-refractivity contribution in [1.82, 2.24) is 14.7 Å². The van der Waals surface area contributed by atoms with Crippen molar-refractivity contribution in [2.45, 2.75) is 44.3 Å². The smallest absolute Gasteiger partial charge is 0.255 e. The third-order valence-corrected chi connectivity index (χ3v) is 11.3. The Balaban J connectivity index is 0.794. The van der Waals surface area contributed by atoms with E-state index in [1.165, 1.54) is 22.4 Å². The number of ether oxygens (including phenoxy) is 2. The van der Waals surface area contributed by atoms with Crippen LogP contribution in [0.3, 0.4) is 0 Å². The number of para-hydroxylation sites is 1. The highest BCUT2D eigenvalue weighted by atomic mass is 16.5. The van der Waals surface area contributed by atoms with Crippen molar-refractivity contribution >= 4 is 17.4 Å². The molecule has 9 nitrogen and oxygen atoms in total. The van der Waals surface area contributed by atoms with Gasteiger partial charge in [0.1, 0.15) is 30.5 Å². The number of rotatable bonds is 11. The summed E-state index contributed by atoms with van der Waals surface area (Å²) in [5.74, 6) is 1.94. The van der Waals surface area contributed by atoms with Crippen LogP contribution in [-0.2, 0) is 17.8 Å². The zero-order chi connectivity index (χ0) is 36.3. The third kappa shape index (κ3) is 7.54. The van der Waals surface area contributed by atoms with E-state index in [2.05, 4.69) is 75.9 Å². The van der Waals surface area contributed by atoms with Crippen LogP contribution in [0.25, 0.3) is 0 Å². The molecule has 2 fully saturated rings. The summed E-state index contributed by atoms with van der Waals surface area (Å²) in [7, 11) is 0. The first-order chi connectivity index (χ1) is 25.9. The summed E-state index contributed by atoms with van der Waals surface area (Å²) in [6.45, 7) is 12.0. The number of nitrogens with zero attached hydrogens (tertiary/aromatic N) is 4. The maximum absolute atomic E-state index is 13.2. The standard InChI is InChI=1S/C44H48N4O5/c1-31-10-17-40(41(50)28-31)48-30-39-38(44(48)51)8-5-9-42(39)53-27-25-46-22-20-45(21-23-46)24-26-52-36-14-11-32(12-15-36)43-37-16-13-35(49)29-33(37)18-19-47(43)34-6-3-2-4-7-34/h2-9,11-16,29,40,43,49H,1,10,17-28,30H2. The van der Waals surface area contributed by atoms with Gasteiger partial charge in [-0.3, -0.25) is 19.4 Å². The number of hydrogen-bond acceptors (Lipinski definition) is 8. The molecule has 0 spiro atoms. The first-order valence-electron chi connectivity index (χ1n) is 19.0. The zero-order valence-corrected chi connectivity index (χ0v) is 30.3. The quantitative estimate of drug-likeness (QED) is 0.183. The van der Waals surface area contributed by atoms with Crippen LogP contribution in [0, 0.1) is 0 Å². The molecule has 8 rings (SSSR count). The number of piperazine rings is 1. The molecule has 274 valence electrons. The predicted molar refractivity (Wildman–Crippen MR) is 206 cm³/mol. The van der Waals surface area contributed by atoms with Crippen LogP contribution >= 0.6 is 0 Å². The molecule has 3 aliphatic heterocycles. The average molecular weight is 713 g/mol. The van der Waals surface area contributed by atoms with Crippen LogP contribution in [0.5, 0.6) is 17.2 Å². The van der Waals surface area contributed by atoms with Gasteiger partial charge >= 0.3 is 0 Å². The summed E-state index contributed by atoms with van der Waals surface area (Å²) in [6, 6.07) is 30.1. The molecule has 0 aromatic heterocycles. The van der Waals surface area contributed by atoms with Gasteiger partial charge in [-0.25, -0.2) is 0 Å². The number of anilines is 1. The molecule has 4 aliphatic rings. The van der Waals surface area contributed by atoms with Gasteiger partial charge in [0.15, 0.2) is 5.78 Å². The number of benzene rings is 4. The van der Waals surface area contributed by atoms with E-state index in [4.69, 9.17) is 9.47 Å². The Kier molecular flexibility index (Phi) is 10.2. The molecule has 4 aromatic rings. The molecule has 53 heavy (non-hydrogen) atoms. The van der Waals surface area contributed by atoms with Gasteiger partial charge < -0.3 is 24.4 Å². The highest BCUT2D eigenvalue weighted by Gasteiger charge is 2.39. The molecule has 1 aliphatic carbocycles. The Morgan fingerprint density at radius 2 is 1.49 bits per heavy atom. The fourth-order valence-corrected chi connectivity index (χ4v) is 8.43. The van der Waals surface area contributed by atoms with Gasteiger partial charge in [0, 0.05) is 69.0 Å². The summed E-state index contributed by atoms with van der Waals surface area (Å²) in [4.78, 5) is 35.0. The monoisotopic (exact) mass is 712 g/mol. The number of carbonyl (C=O) groups is 2. The fraction of sp³-hybridized carbons (Fsp3) is 0.364. The van der Waals surface area contributed by atoms with Crippen LogP contribution in [0.4, 0.5) is 5.69 Å². The molecule has 1 N–H and O–H groups in total. The molecule has 1 amide bonds. The molecule has 1 saturated carbocycles. The number of phenolic OH excluding ortho intramolecular Hbond substituents is 1. The maximum Gasteiger partial charge on any atom is 0.255 e. The van der Waals surface area contributed by atoms with E-state index >= 15 is 0 Å². The highest BCUT2D eigenvalue weighted by molar-refractivity contribution is 6.02. The molecular formula is C44H48N4O5. The molecule has 9 heteroatoms. The number of amides is 1. The van der Waals surface area contributed by atoms with Crippen molar-refractivity contribution < 1.29 is 24.2 Å².